The maximum absolute atomic E-state index is 10.3. The summed E-state index contributed by atoms with van der Waals surface area (Å²) in [5, 5.41) is 10.3. The molecular weight excluding hydrogens is 150 g/mol. The number of likely N-dealkylation sites (N-methyl/N-ethyl adjacent to an activating group) is 1. The average molecular weight is 169 g/mol. The van der Waals surface area contributed by atoms with Crippen molar-refractivity contribution in [3.63, 3.8) is 0 Å². The van der Waals surface area contributed by atoms with Crippen LogP contribution in [0.4, 0.5) is 0 Å². The lowest BCUT2D eigenvalue weighted by molar-refractivity contribution is -0.0205. The van der Waals surface area contributed by atoms with Crippen LogP contribution < -0.4 is 0 Å². The Hall–Kier alpha value is -0.0800. The highest BCUT2D eigenvalue weighted by Gasteiger charge is 2.42. The van der Waals surface area contributed by atoms with Gasteiger partial charge in [0.1, 0.15) is 0 Å². The van der Waals surface area contributed by atoms with Crippen LogP contribution in [0.3, 0.4) is 0 Å². The van der Waals surface area contributed by atoms with E-state index in [0.717, 1.165) is 12.8 Å². The van der Waals surface area contributed by atoms with Crippen molar-refractivity contribution in [2.45, 2.75) is 50.2 Å². The predicted octanol–water partition coefficient (Wildman–Crippen LogP) is 1.39. The Morgan fingerprint density at radius 3 is 2.42 bits per heavy atom. The predicted molar refractivity (Wildman–Crippen MR) is 49.1 cm³/mol. The first-order valence-corrected chi connectivity index (χ1v) is 5.15. The number of aliphatic hydroxyl groups is 1. The van der Waals surface area contributed by atoms with Gasteiger partial charge in [-0.3, -0.25) is 0 Å². The molecule has 1 aliphatic carbocycles. The van der Waals surface area contributed by atoms with Gasteiger partial charge in [0.25, 0.3) is 0 Å². The summed E-state index contributed by atoms with van der Waals surface area (Å²) in [5.41, 5.74) is -0.328. The Bertz CT molecular complexity index is 163. The molecule has 0 bridgehead atoms. The molecule has 0 amide bonds. The molecule has 1 atom stereocenters. The number of hydrogen-bond donors (Lipinski definition) is 1. The van der Waals surface area contributed by atoms with Crippen LogP contribution in [0.15, 0.2) is 0 Å². The Balaban J connectivity index is 2.06. The maximum atomic E-state index is 10.3. The lowest BCUT2D eigenvalue weighted by Crippen LogP contribution is -2.46. The summed E-state index contributed by atoms with van der Waals surface area (Å²) in [6.45, 7) is 1.17. The SMILES string of the molecule is CN1CCC[C@H]1C1(O)CCCC1. The maximum Gasteiger partial charge on any atom is 0.0802 e. The summed E-state index contributed by atoms with van der Waals surface area (Å²) in [5.74, 6) is 0. The Labute approximate surface area is 74.6 Å². The zero-order chi connectivity index (χ0) is 8.60. The van der Waals surface area contributed by atoms with Crippen molar-refractivity contribution in [1.82, 2.24) is 4.90 Å². The molecule has 70 valence electrons. The van der Waals surface area contributed by atoms with Crippen LogP contribution in [0.25, 0.3) is 0 Å². The fourth-order valence-corrected chi connectivity index (χ4v) is 2.91. The van der Waals surface area contributed by atoms with Gasteiger partial charge in [0, 0.05) is 6.04 Å². The molecule has 0 unspecified atom stereocenters. The second-order valence-electron chi connectivity index (χ2n) is 4.45. The molecule has 1 saturated heterocycles. The monoisotopic (exact) mass is 169 g/mol. The third-order valence-corrected chi connectivity index (χ3v) is 3.61. The third-order valence-electron chi connectivity index (χ3n) is 3.61. The van der Waals surface area contributed by atoms with E-state index in [1.54, 1.807) is 0 Å². The van der Waals surface area contributed by atoms with Crippen molar-refractivity contribution in [1.29, 1.82) is 0 Å². The summed E-state index contributed by atoms with van der Waals surface area (Å²) in [6.07, 6.45) is 6.97. The number of likely N-dealkylation sites (tertiary alicyclic amines) is 1. The van der Waals surface area contributed by atoms with E-state index in [-0.39, 0.29) is 5.60 Å². The first-order valence-electron chi connectivity index (χ1n) is 5.15. The van der Waals surface area contributed by atoms with Crippen molar-refractivity contribution < 1.29 is 5.11 Å². The summed E-state index contributed by atoms with van der Waals surface area (Å²) >= 11 is 0. The van der Waals surface area contributed by atoms with Crippen molar-refractivity contribution in [2.24, 2.45) is 0 Å². The summed E-state index contributed by atoms with van der Waals surface area (Å²) in [6, 6.07) is 0.458. The molecule has 0 aromatic heterocycles. The first-order chi connectivity index (χ1) is 5.72. The standard InChI is InChI=1S/C10H19NO/c1-11-8-4-5-9(11)10(12)6-2-3-7-10/h9,12H,2-8H2,1H3/t9-/m0/s1. The highest BCUT2D eigenvalue weighted by Crippen LogP contribution is 2.38. The van der Waals surface area contributed by atoms with Gasteiger partial charge >= 0.3 is 0 Å². The molecule has 1 aliphatic heterocycles. The molecule has 1 saturated carbocycles. The van der Waals surface area contributed by atoms with Crippen molar-refractivity contribution in [3.05, 3.63) is 0 Å². The lowest BCUT2D eigenvalue weighted by atomic mass is 9.91. The minimum atomic E-state index is -0.328. The van der Waals surface area contributed by atoms with E-state index in [2.05, 4.69) is 11.9 Å². The van der Waals surface area contributed by atoms with E-state index < -0.39 is 0 Å². The lowest BCUT2D eigenvalue weighted by Gasteiger charge is -2.34. The molecular formula is C10H19NO. The molecule has 2 nitrogen and oxygen atoms in total. The molecule has 1 heterocycles. The Morgan fingerprint density at radius 2 is 1.92 bits per heavy atom. The van der Waals surface area contributed by atoms with Gasteiger partial charge in [0.15, 0.2) is 0 Å². The van der Waals surface area contributed by atoms with Crippen molar-refractivity contribution in [3.8, 4) is 0 Å². The van der Waals surface area contributed by atoms with Gasteiger partial charge < -0.3 is 10.0 Å². The normalized spacial score (nSPS) is 36.0. The Morgan fingerprint density at radius 1 is 1.25 bits per heavy atom. The largest absolute Gasteiger partial charge is 0.388 e. The molecule has 2 rings (SSSR count). The fraction of sp³-hybridized carbons (Fsp3) is 1.00. The molecule has 0 spiro atoms. The van der Waals surface area contributed by atoms with Crippen LogP contribution >= 0.6 is 0 Å². The van der Waals surface area contributed by atoms with Gasteiger partial charge in [-0.25, -0.2) is 0 Å². The number of hydrogen-bond acceptors (Lipinski definition) is 2. The minimum Gasteiger partial charge on any atom is -0.388 e. The molecule has 2 aliphatic rings. The van der Waals surface area contributed by atoms with Gasteiger partial charge in [-0.05, 0) is 39.3 Å². The second kappa shape index (κ2) is 3.00. The number of rotatable bonds is 1. The summed E-state index contributed by atoms with van der Waals surface area (Å²) < 4.78 is 0. The van der Waals surface area contributed by atoms with Gasteiger partial charge in [-0.1, -0.05) is 12.8 Å². The van der Waals surface area contributed by atoms with Crippen LogP contribution in [0.1, 0.15) is 38.5 Å². The van der Waals surface area contributed by atoms with Crippen LogP contribution in [0.2, 0.25) is 0 Å². The smallest absolute Gasteiger partial charge is 0.0802 e. The zero-order valence-electron chi connectivity index (χ0n) is 7.92. The molecule has 0 radical (unpaired) electrons. The van der Waals surface area contributed by atoms with Crippen LogP contribution in [-0.2, 0) is 0 Å². The molecule has 0 aromatic carbocycles. The van der Waals surface area contributed by atoms with E-state index in [9.17, 15) is 5.11 Å². The van der Waals surface area contributed by atoms with E-state index in [0.29, 0.717) is 6.04 Å². The molecule has 2 fully saturated rings. The van der Waals surface area contributed by atoms with Crippen LogP contribution in [0, 0.1) is 0 Å². The molecule has 2 heteroatoms. The van der Waals surface area contributed by atoms with E-state index in [4.69, 9.17) is 0 Å². The van der Waals surface area contributed by atoms with E-state index in [1.165, 1.54) is 32.2 Å². The van der Waals surface area contributed by atoms with Crippen molar-refractivity contribution in [2.75, 3.05) is 13.6 Å². The minimum absolute atomic E-state index is 0.328. The zero-order valence-corrected chi connectivity index (χ0v) is 7.92. The summed E-state index contributed by atoms with van der Waals surface area (Å²) in [7, 11) is 2.15. The topological polar surface area (TPSA) is 23.5 Å². The van der Waals surface area contributed by atoms with E-state index >= 15 is 0 Å². The molecule has 0 aromatic rings. The Kier molecular flexibility index (Phi) is 2.13. The van der Waals surface area contributed by atoms with E-state index in [1.807, 2.05) is 0 Å². The first kappa shape index (κ1) is 8.52. The van der Waals surface area contributed by atoms with Crippen molar-refractivity contribution >= 4 is 0 Å². The quantitative estimate of drug-likeness (QED) is 0.641. The average Bonchev–Trinajstić information content (AvgIpc) is 2.59. The van der Waals surface area contributed by atoms with Gasteiger partial charge in [-0.15, -0.1) is 0 Å². The highest BCUT2D eigenvalue weighted by molar-refractivity contribution is 4.98. The molecule has 1 N–H and O–H groups in total. The summed E-state index contributed by atoms with van der Waals surface area (Å²) in [4.78, 5) is 2.34. The second-order valence-corrected chi connectivity index (χ2v) is 4.45. The third kappa shape index (κ3) is 1.27. The van der Waals surface area contributed by atoms with Crippen LogP contribution in [0.5, 0.6) is 0 Å². The number of nitrogens with zero attached hydrogens (tertiary/aromatic N) is 1. The highest BCUT2D eigenvalue weighted by atomic mass is 16.3. The van der Waals surface area contributed by atoms with Gasteiger partial charge in [-0.2, -0.15) is 0 Å². The fourth-order valence-electron chi connectivity index (χ4n) is 2.91. The molecule has 12 heavy (non-hydrogen) atoms. The van der Waals surface area contributed by atoms with Gasteiger partial charge in [0.2, 0.25) is 0 Å². The van der Waals surface area contributed by atoms with Gasteiger partial charge in [0.05, 0.1) is 5.60 Å². The van der Waals surface area contributed by atoms with Crippen LogP contribution in [-0.4, -0.2) is 35.2 Å².